The van der Waals surface area contributed by atoms with Crippen molar-refractivity contribution < 1.29 is 4.74 Å². The summed E-state index contributed by atoms with van der Waals surface area (Å²) in [4.78, 5) is 4.23. The first-order valence-electron chi connectivity index (χ1n) is 6.27. The highest BCUT2D eigenvalue weighted by Crippen LogP contribution is 2.19. The van der Waals surface area contributed by atoms with Gasteiger partial charge in [-0.15, -0.1) is 0 Å². The van der Waals surface area contributed by atoms with Gasteiger partial charge in [-0.2, -0.15) is 0 Å². The molecule has 0 amide bonds. The smallest absolute Gasteiger partial charge is 0.118 e. The van der Waals surface area contributed by atoms with E-state index >= 15 is 0 Å². The van der Waals surface area contributed by atoms with Gasteiger partial charge in [-0.1, -0.05) is 41.1 Å². The third-order valence-electron chi connectivity index (χ3n) is 2.69. The van der Waals surface area contributed by atoms with Gasteiger partial charge in [-0.25, -0.2) is 0 Å². The second kappa shape index (κ2) is 7.73. The van der Waals surface area contributed by atoms with Gasteiger partial charge in [0.05, 0.1) is 12.1 Å². The molecule has 106 valence electrons. The summed E-state index contributed by atoms with van der Waals surface area (Å²) in [5, 5.41) is 1.19. The van der Waals surface area contributed by atoms with Crippen LogP contribution in [0.5, 0.6) is 5.75 Å². The Morgan fingerprint density at radius 3 is 2.57 bits per heavy atom. The summed E-state index contributed by atoms with van der Waals surface area (Å²) in [6.07, 6.45) is 1.70. The molecular formula is C17H13Cl2NO. The van der Waals surface area contributed by atoms with Gasteiger partial charge in [0.25, 0.3) is 0 Å². The monoisotopic (exact) mass is 317 g/mol. The summed E-state index contributed by atoms with van der Waals surface area (Å²) < 4.78 is 5.09. The summed E-state index contributed by atoms with van der Waals surface area (Å²) in [5.74, 6) is 6.83. The molecule has 0 unspecified atom stereocenters. The van der Waals surface area contributed by atoms with Crippen molar-refractivity contribution in [3.8, 4) is 17.6 Å². The van der Waals surface area contributed by atoms with Crippen molar-refractivity contribution in [2.24, 2.45) is 4.99 Å². The number of rotatable bonds is 3. The van der Waals surface area contributed by atoms with Crippen LogP contribution in [0.4, 0.5) is 0 Å². The van der Waals surface area contributed by atoms with E-state index in [0.717, 1.165) is 16.9 Å². The van der Waals surface area contributed by atoms with E-state index in [0.29, 0.717) is 16.6 Å². The Bertz CT molecular complexity index is 697. The molecule has 0 N–H and O–H groups in total. The molecule has 0 aliphatic heterocycles. The lowest BCUT2D eigenvalue weighted by Crippen LogP contribution is -1.85. The van der Waals surface area contributed by atoms with Crippen LogP contribution in [0.1, 0.15) is 11.1 Å². The van der Waals surface area contributed by atoms with Gasteiger partial charge < -0.3 is 4.74 Å². The SMILES string of the molecule is COc1ccc(C#CCN=Cc2ccc(Cl)cc2Cl)cc1. The zero-order valence-corrected chi connectivity index (χ0v) is 12.9. The van der Waals surface area contributed by atoms with E-state index in [9.17, 15) is 0 Å². The van der Waals surface area contributed by atoms with Crippen molar-refractivity contribution in [3.05, 3.63) is 63.6 Å². The normalized spacial score (nSPS) is 10.2. The average molecular weight is 318 g/mol. The Balaban J connectivity index is 1.94. The summed E-state index contributed by atoms with van der Waals surface area (Å²) in [7, 11) is 1.64. The highest BCUT2D eigenvalue weighted by atomic mass is 35.5. The largest absolute Gasteiger partial charge is 0.497 e. The lowest BCUT2D eigenvalue weighted by atomic mass is 10.2. The Morgan fingerprint density at radius 2 is 1.90 bits per heavy atom. The fourth-order valence-electron chi connectivity index (χ4n) is 1.61. The molecular weight excluding hydrogens is 305 g/mol. The number of nitrogens with zero attached hydrogens (tertiary/aromatic N) is 1. The molecule has 21 heavy (non-hydrogen) atoms. The minimum atomic E-state index is 0.408. The van der Waals surface area contributed by atoms with E-state index in [2.05, 4.69) is 16.8 Å². The molecule has 0 saturated carbocycles. The molecule has 0 aliphatic carbocycles. The first-order chi connectivity index (χ1) is 10.2. The lowest BCUT2D eigenvalue weighted by Gasteiger charge is -1.97. The van der Waals surface area contributed by atoms with Crippen LogP contribution in [-0.4, -0.2) is 19.9 Å². The maximum Gasteiger partial charge on any atom is 0.118 e. The maximum absolute atomic E-state index is 6.04. The van der Waals surface area contributed by atoms with Crippen LogP contribution < -0.4 is 4.74 Å². The van der Waals surface area contributed by atoms with E-state index in [1.165, 1.54) is 0 Å². The number of halogens is 2. The van der Waals surface area contributed by atoms with Crippen molar-refractivity contribution in [3.63, 3.8) is 0 Å². The summed E-state index contributed by atoms with van der Waals surface area (Å²) in [6, 6.07) is 12.9. The predicted molar refractivity (Wildman–Crippen MR) is 88.8 cm³/mol. The van der Waals surface area contributed by atoms with Crippen LogP contribution in [0, 0.1) is 11.8 Å². The Kier molecular flexibility index (Phi) is 5.68. The molecule has 0 heterocycles. The van der Waals surface area contributed by atoms with Gasteiger partial charge in [0.15, 0.2) is 0 Å². The first kappa shape index (κ1) is 15.4. The van der Waals surface area contributed by atoms with E-state index in [-0.39, 0.29) is 0 Å². The Hall–Kier alpha value is -1.95. The molecule has 0 radical (unpaired) electrons. The van der Waals surface area contributed by atoms with Gasteiger partial charge in [-0.3, -0.25) is 4.99 Å². The molecule has 2 nitrogen and oxygen atoms in total. The molecule has 2 aromatic rings. The zero-order chi connectivity index (χ0) is 15.1. The molecule has 0 aromatic heterocycles. The highest BCUT2D eigenvalue weighted by Gasteiger charge is 1.97. The van der Waals surface area contributed by atoms with Crippen LogP contribution >= 0.6 is 23.2 Å². The molecule has 0 saturated heterocycles. The fraction of sp³-hybridized carbons (Fsp3) is 0.118. The standard InChI is InChI=1S/C17H13Cl2NO/c1-21-16-8-4-13(5-9-16)3-2-10-20-12-14-6-7-15(18)11-17(14)19/h4-9,11-12H,10H2,1H3. The van der Waals surface area contributed by atoms with Crippen molar-refractivity contribution in [1.82, 2.24) is 0 Å². The predicted octanol–water partition coefficient (Wildman–Crippen LogP) is 4.47. The zero-order valence-electron chi connectivity index (χ0n) is 11.4. The third-order valence-corrected chi connectivity index (χ3v) is 3.25. The van der Waals surface area contributed by atoms with Gasteiger partial charge in [0, 0.05) is 22.4 Å². The molecule has 2 rings (SSSR count). The van der Waals surface area contributed by atoms with Gasteiger partial charge in [0.1, 0.15) is 12.3 Å². The number of aliphatic imine (C=N–C) groups is 1. The Labute approximate surface area is 134 Å². The number of hydrogen-bond donors (Lipinski definition) is 0. The maximum atomic E-state index is 6.04. The Morgan fingerprint density at radius 1 is 1.14 bits per heavy atom. The number of ether oxygens (including phenoxy) is 1. The number of hydrogen-bond acceptors (Lipinski definition) is 2. The number of methoxy groups -OCH3 is 1. The molecule has 0 fully saturated rings. The second-order valence-corrected chi connectivity index (χ2v) is 5.01. The van der Waals surface area contributed by atoms with Crippen LogP contribution in [0.15, 0.2) is 47.5 Å². The average Bonchev–Trinajstić information content (AvgIpc) is 2.49. The van der Waals surface area contributed by atoms with Crippen LogP contribution in [0.25, 0.3) is 0 Å². The van der Waals surface area contributed by atoms with E-state index in [4.69, 9.17) is 27.9 Å². The summed E-state index contributed by atoms with van der Waals surface area (Å²) in [5.41, 5.74) is 1.75. The van der Waals surface area contributed by atoms with Crippen molar-refractivity contribution in [1.29, 1.82) is 0 Å². The minimum absolute atomic E-state index is 0.408. The third kappa shape index (κ3) is 4.82. The first-order valence-corrected chi connectivity index (χ1v) is 7.02. The highest BCUT2D eigenvalue weighted by molar-refractivity contribution is 6.36. The molecule has 0 atom stereocenters. The van der Waals surface area contributed by atoms with E-state index in [1.807, 2.05) is 30.3 Å². The van der Waals surface area contributed by atoms with E-state index < -0.39 is 0 Å². The minimum Gasteiger partial charge on any atom is -0.497 e. The number of benzene rings is 2. The molecule has 0 bridgehead atoms. The molecule has 2 aromatic carbocycles. The fourth-order valence-corrected chi connectivity index (χ4v) is 2.07. The summed E-state index contributed by atoms with van der Waals surface area (Å²) in [6.45, 7) is 0.408. The van der Waals surface area contributed by atoms with E-state index in [1.54, 1.807) is 25.5 Å². The van der Waals surface area contributed by atoms with Gasteiger partial charge in [-0.05, 0) is 36.4 Å². The van der Waals surface area contributed by atoms with Crippen LogP contribution in [-0.2, 0) is 0 Å². The second-order valence-electron chi connectivity index (χ2n) is 4.17. The van der Waals surface area contributed by atoms with Crippen molar-refractivity contribution in [2.45, 2.75) is 0 Å². The molecule has 0 aliphatic rings. The van der Waals surface area contributed by atoms with Crippen LogP contribution in [0.2, 0.25) is 10.0 Å². The molecule has 0 spiro atoms. The summed E-state index contributed by atoms with van der Waals surface area (Å²) >= 11 is 11.9. The van der Waals surface area contributed by atoms with Gasteiger partial charge >= 0.3 is 0 Å². The lowest BCUT2D eigenvalue weighted by molar-refractivity contribution is 0.415. The topological polar surface area (TPSA) is 21.6 Å². The van der Waals surface area contributed by atoms with Crippen molar-refractivity contribution in [2.75, 3.05) is 13.7 Å². The quantitative estimate of drug-likeness (QED) is 0.604. The molecule has 4 heteroatoms. The van der Waals surface area contributed by atoms with Gasteiger partial charge in [0.2, 0.25) is 0 Å². The van der Waals surface area contributed by atoms with Crippen molar-refractivity contribution >= 4 is 29.4 Å². The van der Waals surface area contributed by atoms with Crippen LogP contribution in [0.3, 0.4) is 0 Å².